The standard InChI is InChI=1S/C13H22N2O4/c1-2-13(7-3-4-8-13)12(19)15-9(11(17)18)5-6-10(14)16/h9H,2-8H2,1H3,(H2,14,16)(H,15,19)(H,17,18)/t9-/m0/s1. The molecule has 0 aromatic carbocycles. The predicted molar refractivity (Wildman–Crippen MR) is 69.2 cm³/mol. The van der Waals surface area contributed by atoms with E-state index in [4.69, 9.17) is 10.8 Å². The molecule has 0 spiro atoms. The van der Waals surface area contributed by atoms with Crippen LogP contribution in [0.5, 0.6) is 0 Å². The topological polar surface area (TPSA) is 109 Å². The minimum atomic E-state index is -1.13. The van der Waals surface area contributed by atoms with E-state index in [1.54, 1.807) is 0 Å². The Morgan fingerprint density at radius 3 is 2.32 bits per heavy atom. The van der Waals surface area contributed by atoms with Gasteiger partial charge in [0.15, 0.2) is 0 Å². The summed E-state index contributed by atoms with van der Waals surface area (Å²) in [5, 5.41) is 11.6. The average molecular weight is 270 g/mol. The van der Waals surface area contributed by atoms with Gasteiger partial charge < -0.3 is 16.2 Å². The van der Waals surface area contributed by atoms with Crippen LogP contribution < -0.4 is 11.1 Å². The monoisotopic (exact) mass is 270 g/mol. The van der Waals surface area contributed by atoms with Gasteiger partial charge in [-0.1, -0.05) is 19.8 Å². The predicted octanol–water partition coefficient (Wildman–Crippen LogP) is 0.792. The first-order valence-corrected chi connectivity index (χ1v) is 6.73. The van der Waals surface area contributed by atoms with E-state index in [0.717, 1.165) is 25.7 Å². The Bertz CT molecular complexity index is 362. The van der Waals surface area contributed by atoms with Crippen molar-refractivity contribution in [1.82, 2.24) is 5.32 Å². The van der Waals surface area contributed by atoms with Crippen LogP contribution in [0.1, 0.15) is 51.9 Å². The van der Waals surface area contributed by atoms with E-state index in [1.165, 1.54) is 0 Å². The summed E-state index contributed by atoms with van der Waals surface area (Å²) in [5.74, 6) is -1.89. The Balaban J connectivity index is 2.65. The summed E-state index contributed by atoms with van der Waals surface area (Å²) >= 11 is 0. The van der Waals surface area contributed by atoms with Gasteiger partial charge in [-0.05, 0) is 25.7 Å². The van der Waals surface area contributed by atoms with E-state index >= 15 is 0 Å². The van der Waals surface area contributed by atoms with Crippen molar-refractivity contribution in [2.75, 3.05) is 0 Å². The maximum Gasteiger partial charge on any atom is 0.326 e. The maximum absolute atomic E-state index is 12.3. The number of aliphatic carboxylic acids is 1. The van der Waals surface area contributed by atoms with Gasteiger partial charge in [0, 0.05) is 11.8 Å². The largest absolute Gasteiger partial charge is 0.480 e. The molecule has 19 heavy (non-hydrogen) atoms. The quantitative estimate of drug-likeness (QED) is 0.635. The molecule has 108 valence electrons. The number of carbonyl (C=O) groups is 3. The highest BCUT2D eigenvalue weighted by atomic mass is 16.4. The second-order valence-corrected chi connectivity index (χ2v) is 5.21. The Morgan fingerprint density at radius 2 is 1.89 bits per heavy atom. The highest BCUT2D eigenvalue weighted by Crippen LogP contribution is 2.41. The lowest BCUT2D eigenvalue weighted by atomic mass is 9.82. The molecule has 0 aromatic rings. The summed E-state index contributed by atoms with van der Waals surface area (Å²) < 4.78 is 0. The number of rotatable bonds is 7. The van der Waals surface area contributed by atoms with Gasteiger partial charge in [-0.3, -0.25) is 9.59 Å². The summed E-state index contributed by atoms with van der Waals surface area (Å²) in [6.45, 7) is 1.95. The van der Waals surface area contributed by atoms with Crippen molar-refractivity contribution in [2.24, 2.45) is 11.1 Å². The van der Waals surface area contributed by atoms with E-state index in [9.17, 15) is 14.4 Å². The smallest absolute Gasteiger partial charge is 0.326 e. The SMILES string of the molecule is CCC1(C(=O)N[C@@H](CCC(N)=O)C(=O)O)CCCC1. The number of amides is 2. The molecule has 0 radical (unpaired) electrons. The van der Waals surface area contributed by atoms with Crippen LogP contribution in [0.25, 0.3) is 0 Å². The molecule has 1 atom stereocenters. The van der Waals surface area contributed by atoms with Gasteiger partial charge in [0.25, 0.3) is 0 Å². The summed E-state index contributed by atoms with van der Waals surface area (Å²) in [7, 11) is 0. The first-order valence-electron chi connectivity index (χ1n) is 6.73. The molecule has 0 heterocycles. The average Bonchev–Trinajstić information content (AvgIpc) is 2.83. The zero-order valence-corrected chi connectivity index (χ0v) is 11.3. The second-order valence-electron chi connectivity index (χ2n) is 5.21. The van der Waals surface area contributed by atoms with E-state index in [1.807, 2.05) is 6.92 Å². The molecule has 6 nitrogen and oxygen atoms in total. The molecular weight excluding hydrogens is 248 g/mol. The lowest BCUT2D eigenvalue weighted by molar-refractivity contribution is -0.144. The maximum atomic E-state index is 12.3. The summed E-state index contributed by atoms with van der Waals surface area (Å²) in [6.07, 6.45) is 4.31. The molecule has 2 amide bonds. The van der Waals surface area contributed by atoms with Crippen molar-refractivity contribution < 1.29 is 19.5 Å². The van der Waals surface area contributed by atoms with Crippen LogP contribution in [-0.2, 0) is 14.4 Å². The van der Waals surface area contributed by atoms with Crippen molar-refractivity contribution in [3.63, 3.8) is 0 Å². The fourth-order valence-corrected chi connectivity index (χ4v) is 2.65. The Hall–Kier alpha value is -1.59. The van der Waals surface area contributed by atoms with Gasteiger partial charge in [0.05, 0.1) is 0 Å². The number of primary amides is 1. The van der Waals surface area contributed by atoms with Gasteiger partial charge in [0.1, 0.15) is 6.04 Å². The van der Waals surface area contributed by atoms with E-state index < -0.39 is 23.3 Å². The van der Waals surface area contributed by atoms with Crippen LogP contribution in [-0.4, -0.2) is 28.9 Å². The van der Waals surface area contributed by atoms with Gasteiger partial charge in [-0.15, -0.1) is 0 Å². The van der Waals surface area contributed by atoms with Crippen LogP contribution in [0.15, 0.2) is 0 Å². The minimum absolute atomic E-state index is 0.0379. The van der Waals surface area contributed by atoms with Crippen LogP contribution in [0, 0.1) is 5.41 Å². The zero-order valence-electron chi connectivity index (χ0n) is 11.3. The van der Waals surface area contributed by atoms with Crippen LogP contribution in [0.4, 0.5) is 0 Å². The molecule has 0 saturated heterocycles. The van der Waals surface area contributed by atoms with Crippen molar-refractivity contribution in [3.8, 4) is 0 Å². The van der Waals surface area contributed by atoms with Crippen molar-refractivity contribution >= 4 is 17.8 Å². The minimum Gasteiger partial charge on any atom is -0.480 e. The third-order valence-corrected chi connectivity index (χ3v) is 4.00. The van der Waals surface area contributed by atoms with Crippen LogP contribution in [0.3, 0.4) is 0 Å². The number of hydrogen-bond donors (Lipinski definition) is 3. The van der Waals surface area contributed by atoms with Gasteiger partial charge in [0.2, 0.25) is 11.8 Å². The Kier molecular flexibility index (Phi) is 5.32. The van der Waals surface area contributed by atoms with Crippen molar-refractivity contribution in [3.05, 3.63) is 0 Å². The van der Waals surface area contributed by atoms with Crippen LogP contribution >= 0.6 is 0 Å². The molecule has 4 N–H and O–H groups in total. The van der Waals surface area contributed by atoms with Gasteiger partial charge in [-0.25, -0.2) is 4.79 Å². The molecular formula is C13H22N2O4. The van der Waals surface area contributed by atoms with Gasteiger partial charge >= 0.3 is 5.97 Å². The molecule has 1 aliphatic carbocycles. The van der Waals surface area contributed by atoms with E-state index in [2.05, 4.69) is 5.32 Å². The first-order chi connectivity index (χ1) is 8.91. The van der Waals surface area contributed by atoms with Crippen molar-refractivity contribution in [2.45, 2.75) is 57.9 Å². The van der Waals surface area contributed by atoms with E-state index in [0.29, 0.717) is 6.42 Å². The third-order valence-electron chi connectivity index (χ3n) is 4.00. The molecule has 0 unspecified atom stereocenters. The number of carboxylic acid groups (broad SMARTS) is 1. The highest BCUT2D eigenvalue weighted by Gasteiger charge is 2.40. The molecule has 1 saturated carbocycles. The lowest BCUT2D eigenvalue weighted by Crippen LogP contribution is -2.47. The number of carboxylic acids is 1. The number of nitrogens with one attached hydrogen (secondary N) is 1. The number of hydrogen-bond acceptors (Lipinski definition) is 3. The fraction of sp³-hybridized carbons (Fsp3) is 0.769. The highest BCUT2D eigenvalue weighted by molar-refractivity contribution is 5.88. The summed E-state index contributed by atoms with van der Waals surface area (Å²) in [4.78, 5) is 34.1. The number of carbonyl (C=O) groups excluding carboxylic acids is 2. The fourth-order valence-electron chi connectivity index (χ4n) is 2.65. The summed E-state index contributed by atoms with van der Waals surface area (Å²) in [6, 6.07) is -1.04. The van der Waals surface area contributed by atoms with Crippen LogP contribution in [0.2, 0.25) is 0 Å². The molecule has 1 aliphatic rings. The Labute approximate surface area is 112 Å². The van der Waals surface area contributed by atoms with E-state index in [-0.39, 0.29) is 18.7 Å². The molecule has 0 bridgehead atoms. The summed E-state index contributed by atoms with van der Waals surface area (Å²) in [5.41, 5.74) is 4.57. The molecule has 6 heteroatoms. The molecule has 1 rings (SSSR count). The second kappa shape index (κ2) is 6.54. The zero-order chi connectivity index (χ0) is 14.5. The van der Waals surface area contributed by atoms with Gasteiger partial charge in [-0.2, -0.15) is 0 Å². The first kappa shape index (κ1) is 15.5. The lowest BCUT2D eigenvalue weighted by Gasteiger charge is -2.28. The normalized spacial score (nSPS) is 18.8. The third kappa shape index (κ3) is 3.94. The number of nitrogens with two attached hydrogens (primary N) is 1. The van der Waals surface area contributed by atoms with Crippen molar-refractivity contribution in [1.29, 1.82) is 0 Å². The molecule has 0 aliphatic heterocycles. The Morgan fingerprint density at radius 1 is 1.32 bits per heavy atom. The molecule has 1 fully saturated rings. The molecule has 0 aromatic heterocycles.